The number of alkyl halides is 3. The van der Waals surface area contributed by atoms with Crippen molar-refractivity contribution in [1.82, 2.24) is 0 Å². The van der Waals surface area contributed by atoms with Crippen LogP contribution in [0.15, 0.2) is 71.0 Å². The highest BCUT2D eigenvalue weighted by molar-refractivity contribution is 6.47. The molecule has 0 aromatic heterocycles. The molecule has 162 valence electrons. The summed E-state index contributed by atoms with van der Waals surface area (Å²) >= 11 is 0. The molecule has 0 fully saturated rings. The largest absolute Gasteiger partial charge is 0.505 e. The number of Topliss-reactive ketones (excluding diaryl/α,β-unsaturated/α-hetero) is 1. The number of nitrogens with one attached hydrogen (secondary N) is 1. The van der Waals surface area contributed by atoms with Crippen molar-refractivity contribution in [1.29, 1.82) is 0 Å². The fourth-order valence-corrected chi connectivity index (χ4v) is 3.23. The number of rotatable bonds is 5. The lowest BCUT2D eigenvalue weighted by Gasteiger charge is -2.25. The number of carbonyl (C=O) groups is 2. The van der Waals surface area contributed by atoms with Gasteiger partial charge in [0.25, 0.3) is 0 Å². The van der Waals surface area contributed by atoms with Gasteiger partial charge in [-0.1, -0.05) is 36.4 Å². The van der Waals surface area contributed by atoms with Crippen molar-refractivity contribution in [3.05, 3.63) is 77.1 Å². The maximum atomic E-state index is 12.9. The zero-order valence-corrected chi connectivity index (χ0v) is 16.4. The molecular weight excluding hydrogens is 413 g/mol. The number of hydrazone groups is 1. The zero-order valence-electron chi connectivity index (χ0n) is 16.4. The number of halogens is 3. The summed E-state index contributed by atoms with van der Waals surface area (Å²) < 4.78 is 43.7. The molecule has 0 radical (unpaired) electrons. The Morgan fingerprint density at radius 3 is 2.55 bits per heavy atom. The lowest BCUT2D eigenvalue weighted by atomic mass is 9.80. The minimum absolute atomic E-state index is 0.0363. The normalized spacial score (nSPS) is 18.3. The molecule has 2 N–H and O–H groups in total. The number of ether oxygens (including phenoxy) is 1. The van der Waals surface area contributed by atoms with Gasteiger partial charge in [-0.25, -0.2) is 4.79 Å². The SMILES string of the molecule is CCOC(=O)C1=C(O)/C(=N/Nc2cccc(C(F)(F)F)c2)C(=O)CC1c1ccccc1. The first-order valence-corrected chi connectivity index (χ1v) is 9.42. The van der Waals surface area contributed by atoms with E-state index in [9.17, 15) is 27.9 Å². The van der Waals surface area contributed by atoms with Gasteiger partial charge < -0.3 is 9.84 Å². The minimum atomic E-state index is -4.55. The molecule has 0 saturated carbocycles. The second-order valence-electron chi connectivity index (χ2n) is 6.72. The summed E-state index contributed by atoms with van der Waals surface area (Å²) in [6.07, 6.45) is -4.71. The molecule has 0 spiro atoms. The topological polar surface area (TPSA) is 88.0 Å². The van der Waals surface area contributed by atoms with Gasteiger partial charge >= 0.3 is 12.1 Å². The molecule has 6 nitrogen and oxygen atoms in total. The first-order valence-electron chi connectivity index (χ1n) is 9.42. The highest BCUT2D eigenvalue weighted by Crippen LogP contribution is 2.35. The average molecular weight is 432 g/mol. The number of esters is 1. The van der Waals surface area contributed by atoms with Crippen LogP contribution in [0.5, 0.6) is 0 Å². The predicted octanol–water partition coefficient (Wildman–Crippen LogP) is 4.61. The fourth-order valence-electron chi connectivity index (χ4n) is 3.23. The third kappa shape index (κ3) is 4.93. The summed E-state index contributed by atoms with van der Waals surface area (Å²) in [5, 5.41) is 14.5. The van der Waals surface area contributed by atoms with Gasteiger partial charge in [-0.05, 0) is 30.7 Å². The average Bonchev–Trinajstić information content (AvgIpc) is 2.73. The van der Waals surface area contributed by atoms with E-state index in [1.54, 1.807) is 37.3 Å². The molecule has 31 heavy (non-hydrogen) atoms. The van der Waals surface area contributed by atoms with Crippen LogP contribution in [0, 0.1) is 0 Å². The number of anilines is 1. The molecule has 3 rings (SSSR count). The van der Waals surface area contributed by atoms with Gasteiger partial charge in [-0.3, -0.25) is 10.2 Å². The molecule has 0 saturated heterocycles. The van der Waals surface area contributed by atoms with E-state index in [1.165, 1.54) is 12.1 Å². The number of aliphatic hydroxyl groups excluding tert-OH is 1. The lowest BCUT2D eigenvalue weighted by molar-refractivity contribution is -0.139. The summed E-state index contributed by atoms with van der Waals surface area (Å²) in [5.74, 6) is -2.77. The van der Waals surface area contributed by atoms with Crippen molar-refractivity contribution >= 4 is 23.2 Å². The maximum absolute atomic E-state index is 12.9. The Kier molecular flexibility index (Phi) is 6.43. The van der Waals surface area contributed by atoms with Crippen molar-refractivity contribution in [3.63, 3.8) is 0 Å². The molecule has 9 heteroatoms. The number of allylic oxidation sites excluding steroid dienone is 1. The Morgan fingerprint density at radius 2 is 1.90 bits per heavy atom. The van der Waals surface area contributed by atoms with Crippen molar-refractivity contribution < 1.29 is 32.6 Å². The van der Waals surface area contributed by atoms with Crippen LogP contribution in [0.4, 0.5) is 18.9 Å². The van der Waals surface area contributed by atoms with E-state index in [1.807, 2.05) is 0 Å². The third-order valence-corrected chi connectivity index (χ3v) is 4.67. The van der Waals surface area contributed by atoms with Crippen LogP contribution >= 0.6 is 0 Å². The monoisotopic (exact) mass is 432 g/mol. The maximum Gasteiger partial charge on any atom is 0.416 e. The first kappa shape index (κ1) is 22.1. The highest BCUT2D eigenvalue weighted by atomic mass is 19.4. The molecule has 2 aromatic carbocycles. The zero-order chi connectivity index (χ0) is 22.6. The van der Waals surface area contributed by atoms with Gasteiger partial charge in [0.2, 0.25) is 0 Å². The van der Waals surface area contributed by atoms with Gasteiger partial charge in [-0.15, -0.1) is 0 Å². The third-order valence-electron chi connectivity index (χ3n) is 4.67. The number of carbonyl (C=O) groups excluding carboxylic acids is 2. The Bertz CT molecular complexity index is 1050. The van der Waals surface area contributed by atoms with Gasteiger partial charge in [0.15, 0.2) is 17.3 Å². The second kappa shape index (κ2) is 9.03. The Hall–Kier alpha value is -3.62. The van der Waals surface area contributed by atoms with Crippen molar-refractivity contribution in [3.8, 4) is 0 Å². The first-order chi connectivity index (χ1) is 14.7. The lowest BCUT2D eigenvalue weighted by Crippen LogP contribution is -2.32. The van der Waals surface area contributed by atoms with E-state index in [2.05, 4.69) is 10.5 Å². The summed E-state index contributed by atoms with van der Waals surface area (Å²) in [6, 6.07) is 12.9. The Morgan fingerprint density at radius 1 is 1.19 bits per heavy atom. The van der Waals surface area contributed by atoms with Crippen LogP contribution in [0.1, 0.15) is 30.4 Å². The van der Waals surface area contributed by atoms with E-state index in [0.717, 1.165) is 12.1 Å². The number of hydrogen-bond acceptors (Lipinski definition) is 6. The van der Waals surface area contributed by atoms with Crippen molar-refractivity contribution in [2.24, 2.45) is 5.10 Å². The van der Waals surface area contributed by atoms with Gasteiger partial charge in [0, 0.05) is 12.3 Å². The summed E-state index contributed by atoms with van der Waals surface area (Å²) in [7, 11) is 0. The summed E-state index contributed by atoms with van der Waals surface area (Å²) in [6.45, 7) is 1.66. The highest BCUT2D eigenvalue weighted by Gasteiger charge is 2.38. The molecule has 0 aliphatic heterocycles. The summed E-state index contributed by atoms with van der Waals surface area (Å²) in [5.41, 5.74) is 1.47. The number of aliphatic hydroxyl groups is 1. The number of nitrogens with zero attached hydrogens (tertiary/aromatic N) is 1. The van der Waals surface area contributed by atoms with Gasteiger partial charge in [0.1, 0.15) is 0 Å². The Balaban J connectivity index is 1.99. The van der Waals surface area contributed by atoms with Gasteiger partial charge in [0.05, 0.1) is 23.4 Å². The molecule has 2 aromatic rings. The number of hydrogen-bond donors (Lipinski definition) is 2. The molecule has 0 amide bonds. The fraction of sp³-hybridized carbons (Fsp3) is 0.227. The Labute approximate surface area is 176 Å². The summed E-state index contributed by atoms with van der Waals surface area (Å²) in [4.78, 5) is 25.2. The standard InChI is InChI=1S/C22H19F3N2O4/c1-2-31-21(30)18-16(13-7-4-3-5-8-13)12-17(28)19(20(18)29)27-26-15-10-6-9-14(11-15)22(23,24)25/h3-11,16,26,29H,2,12H2,1H3/b27-19+. The molecule has 1 unspecified atom stereocenters. The van der Waals surface area contributed by atoms with Crippen LogP contribution in [-0.4, -0.2) is 29.2 Å². The quantitative estimate of drug-likeness (QED) is 0.532. The van der Waals surface area contributed by atoms with E-state index in [-0.39, 0.29) is 24.3 Å². The van der Waals surface area contributed by atoms with Crippen LogP contribution in [0.25, 0.3) is 0 Å². The van der Waals surface area contributed by atoms with E-state index in [0.29, 0.717) is 5.56 Å². The van der Waals surface area contributed by atoms with Crippen LogP contribution in [0.2, 0.25) is 0 Å². The molecule has 1 aliphatic rings. The van der Waals surface area contributed by atoms with E-state index >= 15 is 0 Å². The number of benzene rings is 2. The minimum Gasteiger partial charge on any atom is -0.505 e. The van der Waals surface area contributed by atoms with Gasteiger partial charge in [-0.2, -0.15) is 18.3 Å². The molecule has 0 bridgehead atoms. The van der Waals surface area contributed by atoms with Crippen LogP contribution in [0.3, 0.4) is 0 Å². The second-order valence-corrected chi connectivity index (χ2v) is 6.72. The van der Waals surface area contributed by atoms with Crippen LogP contribution in [-0.2, 0) is 20.5 Å². The van der Waals surface area contributed by atoms with Crippen LogP contribution < -0.4 is 5.43 Å². The molecule has 1 atom stereocenters. The van der Waals surface area contributed by atoms with Crippen molar-refractivity contribution in [2.45, 2.75) is 25.4 Å². The van der Waals surface area contributed by atoms with E-state index in [4.69, 9.17) is 4.74 Å². The molecule has 1 aliphatic carbocycles. The number of ketones is 1. The molecular formula is C22H19F3N2O4. The molecule has 0 heterocycles. The smallest absolute Gasteiger partial charge is 0.416 e. The predicted molar refractivity (Wildman–Crippen MR) is 108 cm³/mol. The van der Waals surface area contributed by atoms with E-state index < -0.39 is 40.9 Å². The van der Waals surface area contributed by atoms with Crippen molar-refractivity contribution in [2.75, 3.05) is 12.0 Å².